The zero-order valence-electron chi connectivity index (χ0n) is 21.6. The van der Waals surface area contributed by atoms with Crippen molar-refractivity contribution < 1.29 is 14.2 Å². The molecule has 0 aliphatic rings. The lowest BCUT2D eigenvalue weighted by atomic mass is 9.98. The lowest BCUT2D eigenvalue weighted by Gasteiger charge is -2.35. The Morgan fingerprint density at radius 1 is 0.882 bits per heavy atom. The standard InChI is InChI=1S/C26H37N5O3/c1-18(2)23(25-27-28-29-31(25)26(3,4)5)30(16-19-12-10-9-11-13-19)17-20-14-21(32-6)24(34-8)22(15-20)33-7/h9-15,18,23H,16-17H2,1-8H3/t23-/m0/s1. The van der Waals surface area contributed by atoms with Gasteiger partial charge in [0.15, 0.2) is 17.3 Å². The second-order valence-electron chi connectivity index (χ2n) is 9.73. The Bertz CT molecular complexity index is 1030. The van der Waals surface area contributed by atoms with Crippen molar-refractivity contribution in [3.8, 4) is 17.2 Å². The summed E-state index contributed by atoms with van der Waals surface area (Å²) in [6, 6.07) is 14.4. The molecule has 0 amide bonds. The van der Waals surface area contributed by atoms with Gasteiger partial charge >= 0.3 is 0 Å². The van der Waals surface area contributed by atoms with Crippen LogP contribution >= 0.6 is 0 Å². The van der Waals surface area contributed by atoms with Gasteiger partial charge in [-0.3, -0.25) is 4.90 Å². The minimum atomic E-state index is -0.239. The van der Waals surface area contributed by atoms with Gasteiger partial charge in [0.05, 0.1) is 32.9 Å². The van der Waals surface area contributed by atoms with E-state index in [2.05, 4.69) is 79.3 Å². The molecule has 8 heteroatoms. The molecule has 1 atom stereocenters. The predicted molar refractivity (Wildman–Crippen MR) is 132 cm³/mol. The lowest BCUT2D eigenvalue weighted by Crippen LogP contribution is -2.36. The molecule has 0 aliphatic heterocycles. The van der Waals surface area contributed by atoms with Gasteiger partial charge in [-0.15, -0.1) is 5.10 Å². The number of rotatable bonds is 10. The molecule has 34 heavy (non-hydrogen) atoms. The highest BCUT2D eigenvalue weighted by Gasteiger charge is 2.32. The lowest BCUT2D eigenvalue weighted by molar-refractivity contribution is 0.120. The molecular formula is C26H37N5O3. The zero-order valence-corrected chi connectivity index (χ0v) is 21.6. The first-order valence-corrected chi connectivity index (χ1v) is 11.5. The highest BCUT2D eigenvalue weighted by atomic mass is 16.5. The van der Waals surface area contributed by atoms with Crippen LogP contribution in [0, 0.1) is 5.92 Å². The number of hydrogen-bond donors (Lipinski definition) is 0. The van der Waals surface area contributed by atoms with Crippen LogP contribution in [0.1, 0.15) is 57.6 Å². The van der Waals surface area contributed by atoms with E-state index in [-0.39, 0.29) is 17.5 Å². The van der Waals surface area contributed by atoms with Crippen molar-refractivity contribution in [1.82, 2.24) is 25.1 Å². The van der Waals surface area contributed by atoms with Crippen LogP contribution in [0.4, 0.5) is 0 Å². The molecule has 0 saturated carbocycles. The number of benzene rings is 2. The van der Waals surface area contributed by atoms with Crippen molar-refractivity contribution in [2.45, 2.75) is 59.3 Å². The Kier molecular flexibility index (Phi) is 8.15. The van der Waals surface area contributed by atoms with E-state index in [1.165, 1.54) is 5.56 Å². The fourth-order valence-electron chi connectivity index (χ4n) is 4.27. The molecule has 3 aromatic rings. The van der Waals surface area contributed by atoms with Crippen molar-refractivity contribution in [2.75, 3.05) is 21.3 Å². The van der Waals surface area contributed by atoms with Gasteiger partial charge in [-0.25, -0.2) is 4.68 Å². The van der Waals surface area contributed by atoms with Gasteiger partial charge in [-0.2, -0.15) is 0 Å². The topological polar surface area (TPSA) is 74.5 Å². The largest absolute Gasteiger partial charge is 0.493 e. The second-order valence-corrected chi connectivity index (χ2v) is 9.73. The van der Waals surface area contributed by atoms with Gasteiger partial charge in [-0.05, 0) is 60.4 Å². The Labute approximate surface area is 202 Å². The van der Waals surface area contributed by atoms with E-state index in [9.17, 15) is 0 Å². The first-order chi connectivity index (χ1) is 16.2. The summed E-state index contributed by atoms with van der Waals surface area (Å²) >= 11 is 0. The summed E-state index contributed by atoms with van der Waals surface area (Å²) in [5, 5.41) is 12.9. The highest BCUT2D eigenvalue weighted by molar-refractivity contribution is 5.53. The van der Waals surface area contributed by atoms with Crippen molar-refractivity contribution in [2.24, 2.45) is 5.92 Å². The molecule has 1 aromatic heterocycles. The van der Waals surface area contributed by atoms with E-state index in [0.717, 1.165) is 17.9 Å². The SMILES string of the molecule is COc1cc(CN(Cc2ccccc2)[C@H](c2nnnn2C(C)(C)C)C(C)C)cc(OC)c1OC. The maximum Gasteiger partial charge on any atom is 0.203 e. The quantitative estimate of drug-likeness (QED) is 0.422. The number of ether oxygens (including phenoxy) is 3. The summed E-state index contributed by atoms with van der Waals surface area (Å²) in [7, 11) is 4.89. The maximum absolute atomic E-state index is 5.60. The minimum Gasteiger partial charge on any atom is -0.493 e. The molecule has 0 aliphatic carbocycles. The minimum absolute atomic E-state index is 0.0199. The van der Waals surface area contributed by atoms with Crippen LogP contribution in [-0.2, 0) is 18.6 Å². The summed E-state index contributed by atoms with van der Waals surface area (Å²) < 4.78 is 18.7. The van der Waals surface area contributed by atoms with Gasteiger partial charge in [0, 0.05) is 13.1 Å². The van der Waals surface area contributed by atoms with E-state index in [1.807, 2.05) is 22.9 Å². The second kappa shape index (κ2) is 10.9. The van der Waals surface area contributed by atoms with Crippen LogP contribution in [0.5, 0.6) is 17.2 Å². The average molecular weight is 468 g/mol. The van der Waals surface area contributed by atoms with Crippen LogP contribution in [0.2, 0.25) is 0 Å². The Morgan fingerprint density at radius 2 is 1.47 bits per heavy atom. The molecule has 0 fully saturated rings. The summed E-state index contributed by atoms with van der Waals surface area (Å²) in [5.74, 6) is 2.97. The Balaban J connectivity index is 2.09. The number of hydrogen-bond acceptors (Lipinski definition) is 7. The Hall–Kier alpha value is -3.13. The summed E-state index contributed by atoms with van der Waals surface area (Å²) in [5.41, 5.74) is 2.03. The van der Waals surface area contributed by atoms with E-state index in [1.54, 1.807) is 21.3 Å². The molecule has 0 saturated heterocycles. The zero-order chi connectivity index (χ0) is 24.9. The van der Waals surface area contributed by atoms with E-state index in [4.69, 9.17) is 14.2 Å². The third-order valence-corrected chi connectivity index (χ3v) is 5.76. The van der Waals surface area contributed by atoms with Crippen LogP contribution in [0.3, 0.4) is 0 Å². The molecule has 0 N–H and O–H groups in total. The third kappa shape index (κ3) is 5.67. The van der Waals surface area contributed by atoms with Gasteiger partial charge in [0.2, 0.25) is 5.75 Å². The Morgan fingerprint density at radius 3 is 1.97 bits per heavy atom. The molecule has 0 unspecified atom stereocenters. The number of tetrazole rings is 1. The van der Waals surface area contributed by atoms with E-state index >= 15 is 0 Å². The fraction of sp³-hybridized carbons (Fsp3) is 0.500. The summed E-state index contributed by atoms with van der Waals surface area (Å²) in [4.78, 5) is 2.41. The first-order valence-electron chi connectivity index (χ1n) is 11.5. The van der Waals surface area contributed by atoms with Crippen LogP contribution in [-0.4, -0.2) is 46.4 Å². The van der Waals surface area contributed by atoms with E-state index < -0.39 is 0 Å². The van der Waals surface area contributed by atoms with Crippen molar-refractivity contribution in [1.29, 1.82) is 0 Å². The highest BCUT2D eigenvalue weighted by Crippen LogP contribution is 2.40. The first kappa shape index (κ1) is 25.5. The van der Waals surface area contributed by atoms with Crippen molar-refractivity contribution in [3.63, 3.8) is 0 Å². The van der Waals surface area contributed by atoms with E-state index in [0.29, 0.717) is 23.8 Å². The number of nitrogens with zero attached hydrogens (tertiary/aromatic N) is 5. The van der Waals surface area contributed by atoms with Crippen LogP contribution in [0.15, 0.2) is 42.5 Å². The molecule has 8 nitrogen and oxygen atoms in total. The van der Waals surface area contributed by atoms with Gasteiger partial charge in [0.1, 0.15) is 0 Å². The normalized spacial score (nSPS) is 12.8. The molecular weight excluding hydrogens is 430 g/mol. The third-order valence-electron chi connectivity index (χ3n) is 5.76. The van der Waals surface area contributed by atoms with Crippen LogP contribution in [0.25, 0.3) is 0 Å². The predicted octanol–water partition coefficient (Wildman–Crippen LogP) is 4.85. The smallest absolute Gasteiger partial charge is 0.203 e. The van der Waals surface area contributed by atoms with Crippen LogP contribution < -0.4 is 14.2 Å². The molecule has 2 aromatic carbocycles. The van der Waals surface area contributed by atoms with Crippen molar-refractivity contribution in [3.05, 3.63) is 59.4 Å². The molecule has 184 valence electrons. The molecule has 1 heterocycles. The van der Waals surface area contributed by atoms with Crippen molar-refractivity contribution >= 4 is 0 Å². The number of aromatic nitrogens is 4. The monoisotopic (exact) mass is 467 g/mol. The molecule has 0 radical (unpaired) electrons. The van der Waals surface area contributed by atoms with Gasteiger partial charge in [-0.1, -0.05) is 44.2 Å². The maximum atomic E-state index is 5.60. The average Bonchev–Trinajstić information content (AvgIpc) is 3.28. The molecule has 0 bridgehead atoms. The van der Waals surface area contributed by atoms with Gasteiger partial charge < -0.3 is 14.2 Å². The molecule has 3 rings (SSSR count). The van der Waals surface area contributed by atoms with Gasteiger partial charge in [0.25, 0.3) is 0 Å². The number of methoxy groups -OCH3 is 3. The summed E-state index contributed by atoms with van der Waals surface area (Å²) in [6.45, 7) is 12.1. The summed E-state index contributed by atoms with van der Waals surface area (Å²) in [6.07, 6.45) is 0. The molecule has 0 spiro atoms. The fourth-order valence-corrected chi connectivity index (χ4v) is 4.27.